The van der Waals surface area contributed by atoms with Crippen molar-refractivity contribution in [2.45, 2.75) is 51.7 Å². The first kappa shape index (κ1) is 24.8. The molecule has 2 aromatic carbocycles. The summed E-state index contributed by atoms with van der Waals surface area (Å²) in [4.78, 5) is 12.5. The quantitative estimate of drug-likeness (QED) is 0.388. The van der Waals surface area contributed by atoms with Crippen LogP contribution in [0.15, 0.2) is 42.5 Å². The van der Waals surface area contributed by atoms with Gasteiger partial charge in [0.1, 0.15) is 5.75 Å². The Hall–Kier alpha value is -1.46. The van der Waals surface area contributed by atoms with Crippen molar-refractivity contribution in [1.29, 1.82) is 0 Å². The second-order valence-electron chi connectivity index (χ2n) is 7.56. The molecule has 1 N–H and O–H groups in total. The Bertz CT molecular complexity index is 805. The molecule has 0 fully saturated rings. The molecule has 30 heavy (non-hydrogen) atoms. The Kier molecular flexibility index (Phi) is 9.76. The molecule has 0 saturated carbocycles. The number of benzene rings is 2. The van der Waals surface area contributed by atoms with E-state index in [1.165, 1.54) is 5.56 Å². The molecule has 0 radical (unpaired) electrons. The summed E-state index contributed by atoms with van der Waals surface area (Å²) in [5.74, 6) is 0.232. The zero-order valence-corrected chi connectivity index (χ0v) is 19.8. The van der Waals surface area contributed by atoms with Gasteiger partial charge in [0.05, 0.1) is 6.10 Å². The van der Waals surface area contributed by atoms with Crippen molar-refractivity contribution < 1.29 is 14.3 Å². The van der Waals surface area contributed by atoms with Gasteiger partial charge in [-0.05, 0) is 69.0 Å². The predicted molar refractivity (Wildman–Crippen MR) is 124 cm³/mol. The summed E-state index contributed by atoms with van der Waals surface area (Å²) in [6.07, 6.45) is 2.59. The van der Waals surface area contributed by atoms with Crippen molar-refractivity contribution in [3.8, 4) is 5.75 Å². The van der Waals surface area contributed by atoms with E-state index < -0.39 is 5.60 Å². The molecular formula is C23H28Cl3NO3. The molecule has 2 aromatic rings. The Morgan fingerprint density at radius 2 is 1.67 bits per heavy atom. The minimum absolute atomic E-state index is 0.134. The summed E-state index contributed by atoms with van der Waals surface area (Å²) in [5, 5.41) is 4.53. The van der Waals surface area contributed by atoms with Crippen molar-refractivity contribution in [3.63, 3.8) is 0 Å². The summed E-state index contributed by atoms with van der Waals surface area (Å²) >= 11 is 17.9. The molecule has 0 bridgehead atoms. The number of hydrogen-bond acceptors (Lipinski definition) is 3. The standard InChI is InChI=1S/C23H28Cl3NO3/c1-4-20(12-16-6-8-17(24)9-7-16)29-11-5-10-27-22(28)23(2,3)30-21-14-18(25)13-19(26)15-21/h6-9,13-15,20H,4-5,10-12H2,1-3H3,(H,27,28). The smallest absolute Gasteiger partial charge is 0.263 e. The van der Waals surface area contributed by atoms with Crippen LogP contribution >= 0.6 is 34.8 Å². The molecule has 0 aliphatic carbocycles. The lowest BCUT2D eigenvalue weighted by Crippen LogP contribution is -2.47. The van der Waals surface area contributed by atoms with Crippen LogP contribution < -0.4 is 10.1 Å². The lowest BCUT2D eigenvalue weighted by molar-refractivity contribution is -0.134. The maximum Gasteiger partial charge on any atom is 0.263 e. The van der Waals surface area contributed by atoms with Crippen LogP contribution in [-0.4, -0.2) is 30.8 Å². The highest BCUT2D eigenvalue weighted by molar-refractivity contribution is 6.34. The number of nitrogens with one attached hydrogen (secondary N) is 1. The van der Waals surface area contributed by atoms with Gasteiger partial charge in [0.15, 0.2) is 5.60 Å². The number of carbonyl (C=O) groups is 1. The monoisotopic (exact) mass is 471 g/mol. The van der Waals surface area contributed by atoms with Crippen molar-refractivity contribution in [3.05, 3.63) is 63.1 Å². The third-order valence-electron chi connectivity index (χ3n) is 4.55. The van der Waals surface area contributed by atoms with E-state index in [9.17, 15) is 4.79 Å². The minimum Gasteiger partial charge on any atom is -0.478 e. The van der Waals surface area contributed by atoms with Gasteiger partial charge in [-0.15, -0.1) is 0 Å². The van der Waals surface area contributed by atoms with Gasteiger partial charge in [-0.2, -0.15) is 0 Å². The molecule has 0 spiro atoms. The second-order valence-corrected chi connectivity index (χ2v) is 8.87. The molecule has 2 rings (SSSR count). The lowest BCUT2D eigenvalue weighted by atomic mass is 10.1. The van der Waals surface area contributed by atoms with E-state index in [-0.39, 0.29) is 12.0 Å². The molecule has 0 heterocycles. The molecule has 0 aliphatic heterocycles. The van der Waals surface area contributed by atoms with Crippen molar-refractivity contribution in [1.82, 2.24) is 5.32 Å². The summed E-state index contributed by atoms with van der Waals surface area (Å²) < 4.78 is 11.8. The largest absolute Gasteiger partial charge is 0.478 e. The van der Waals surface area contributed by atoms with Crippen LogP contribution in [0.4, 0.5) is 0 Å². The highest BCUT2D eigenvalue weighted by Gasteiger charge is 2.29. The van der Waals surface area contributed by atoms with Gasteiger partial charge >= 0.3 is 0 Å². The number of carbonyl (C=O) groups excluding carboxylic acids is 1. The number of amides is 1. The van der Waals surface area contributed by atoms with Gasteiger partial charge in [-0.3, -0.25) is 4.79 Å². The molecule has 1 atom stereocenters. The molecule has 0 saturated heterocycles. The molecule has 0 aliphatic rings. The summed E-state index contributed by atoms with van der Waals surface area (Å²) in [5.41, 5.74) is 0.134. The maximum absolute atomic E-state index is 12.5. The zero-order valence-electron chi connectivity index (χ0n) is 17.5. The van der Waals surface area contributed by atoms with Crippen LogP contribution in [0, 0.1) is 0 Å². The predicted octanol–water partition coefficient (Wildman–Crippen LogP) is 6.35. The van der Waals surface area contributed by atoms with Crippen LogP contribution in [0.25, 0.3) is 0 Å². The first-order valence-corrected chi connectivity index (χ1v) is 11.1. The van der Waals surface area contributed by atoms with Crippen LogP contribution in [0.2, 0.25) is 15.1 Å². The first-order valence-electron chi connectivity index (χ1n) is 9.99. The Morgan fingerprint density at radius 1 is 1.03 bits per heavy atom. The Labute approximate surface area is 193 Å². The Morgan fingerprint density at radius 3 is 2.27 bits per heavy atom. The highest BCUT2D eigenvalue weighted by atomic mass is 35.5. The lowest BCUT2D eigenvalue weighted by Gasteiger charge is -2.25. The SMILES string of the molecule is CCC(Cc1ccc(Cl)cc1)OCCCNC(=O)C(C)(C)Oc1cc(Cl)cc(Cl)c1. The third kappa shape index (κ3) is 8.35. The van der Waals surface area contributed by atoms with Crippen molar-refractivity contribution in [2.24, 2.45) is 0 Å². The molecular weight excluding hydrogens is 445 g/mol. The fourth-order valence-electron chi connectivity index (χ4n) is 2.87. The van der Waals surface area contributed by atoms with E-state index in [1.807, 2.05) is 24.3 Å². The van der Waals surface area contributed by atoms with E-state index in [0.717, 1.165) is 17.9 Å². The van der Waals surface area contributed by atoms with Gasteiger partial charge in [0, 0.05) is 28.2 Å². The second kappa shape index (κ2) is 11.8. The molecule has 7 heteroatoms. The maximum atomic E-state index is 12.5. The van der Waals surface area contributed by atoms with Gasteiger partial charge in [0.2, 0.25) is 0 Å². The molecule has 0 aromatic heterocycles. The molecule has 164 valence electrons. The summed E-state index contributed by atoms with van der Waals surface area (Å²) in [6, 6.07) is 12.7. The highest BCUT2D eigenvalue weighted by Crippen LogP contribution is 2.27. The number of rotatable bonds is 11. The zero-order chi connectivity index (χ0) is 22.1. The third-order valence-corrected chi connectivity index (χ3v) is 5.24. The van der Waals surface area contributed by atoms with Crippen LogP contribution in [0.3, 0.4) is 0 Å². The van der Waals surface area contributed by atoms with E-state index in [1.54, 1.807) is 32.0 Å². The number of hydrogen-bond donors (Lipinski definition) is 1. The normalized spacial score (nSPS) is 12.5. The van der Waals surface area contributed by atoms with E-state index >= 15 is 0 Å². The van der Waals surface area contributed by atoms with Crippen molar-refractivity contribution in [2.75, 3.05) is 13.2 Å². The minimum atomic E-state index is -1.06. The first-order chi connectivity index (χ1) is 14.2. The fourth-order valence-corrected chi connectivity index (χ4v) is 3.50. The Balaban J connectivity index is 1.72. The summed E-state index contributed by atoms with van der Waals surface area (Å²) in [6.45, 7) is 6.57. The van der Waals surface area contributed by atoms with E-state index in [2.05, 4.69) is 12.2 Å². The van der Waals surface area contributed by atoms with Gasteiger partial charge in [-0.1, -0.05) is 53.9 Å². The summed E-state index contributed by atoms with van der Waals surface area (Å²) in [7, 11) is 0. The van der Waals surface area contributed by atoms with E-state index in [0.29, 0.717) is 35.4 Å². The average molecular weight is 473 g/mol. The number of ether oxygens (including phenoxy) is 2. The van der Waals surface area contributed by atoms with E-state index in [4.69, 9.17) is 44.3 Å². The van der Waals surface area contributed by atoms with Gasteiger partial charge in [-0.25, -0.2) is 0 Å². The molecule has 4 nitrogen and oxygen atoms in total. The molecule has 1 unspecified atom stereocenters. The number of halogens is 3. The topological polar surface area (TPSA) is 47.6 Å². The van der Waals surface area contributed by atoms with Gasteiger partial charge in [0.25, 0.3) is 5.91 Å². The van der Waals surface area contributed by atoms with Gasteiger partial charge < -0.3 is 14.8 Å². The van der Waals surface area contributed by atoms with Crippen LogP contribution in [0.5, 0.6) is 5.75 Å². The average Bonchev–Trinajstić information content (AvgIpc) is 2.67. The fraction of sp³-hybridized carbons (Fsp3) is 0.435. The molecule has 1 amide bonds. The van der Waals surface area contributed by atoms with Crippen LogP contribution in [0.1, 0.15) is 39.2 Å². The van der Waals surface area contributed by atoms with Crippen LogP contribution in [-0.2, 0) is 16.0 Å². The van der Waals surface area contributed by atoms with Crippen molar-refractivity contribution >= 4 is 40.7 Å².